The van der Waals surface area contributed by atoms with Gasteiger partial charge in [0.05, 0.1) is 5.39 Å². The summed E-state index contributed by atoms with van der Waals surface area (Å²) in [5.74, 6) is 0.859. The Morgan fingerprint density at radius 1 is 0.963 bits per heavy atom. The molecule has 1 N–H and O–H groups in total. The molecule has 0 amide bonds. The monoisotopic (exact) mass is 358 g/mol. The maximum Gasteiger partial charge on any atom is 0.344 e. The predicted octanol–water partition coefficient (Wildman–Crippen LogP) is 3.19. The van der Waals surface area contributed by atoms with Gasteiger partial charge in [-0.3, -0.25) is 4.90 Å². The molecular formula is C23H20NO3+. The van der Waals surface area contributed by atoms with Crippen molar-refractivity contribution in [1.29, 1.82) is 0 Å². The van der Waals surface area contributed by atoms with Crippen molar-refractivity contribution in [2.45, 2.75) is 20.0 Å². The molecule has 4 aromatic rings. The standard InChI is InChI=1S/C23H19NO3/c1-15-21-17(13-24(14-26-21)12-16-7-3-2-4-8-16)11-20-18-9-5-6-10-19(18)23(25)27-22(15)20/h2-11H,12-14H2,1H3/p+1. The average Bonchev–Trinajstić information content (AvgIpc) is 2.70. The van der Waals surface area contributed by atoms with E-state index in [-0.39, 0.29) is 5.63 Å². The zero-order valence-corrected chi connectivity index (χ0v) is 15.1. The van der Waals surface area contributed by atoms with Gasteiger partial charge in [0.25, 0.3) is 0 Å². The highest BCUT2D eigenvalue weighted by atomic mass is 16.5. The van der Waals surface area contributed by atoms with Crippen LogP contribution in [0.15, 0.2) is 69.9 Å². The number of benzene rings is 3. The predicted molar refractivity (Wildman–Crippen MR) is 105 cm³/mol. The third-order valence-corrected chi connectivity index (χ3v) is 5.33. The van der Waals surface area contributed by atoms with Crippen molar-refractivity contribution in [3.05, 3.63) is 87.8 Å². The van der Waals surface area contributed by atoms with Crippen molar-refractivity contribution in [3.63, 3.8) is 0 Å². The molecule has 5 rings (SSSR count). The summed E-state index contributed by atoms with van der Waals surface area (Å²) < 4.78 is 11.8. The van der Waals surface area contributed by atoms with Crippen molar-refractivity contribution >= 4 is 21.7 Å². The Hall–Kier alpha value is -3.11. The van der Waals surface area contributed by atoms with Crippen LogP contribution in [0.4, 0.5) is 0 Å². The van der Waals surface area contributed by atoms with Crippen LogP contribution in [0, 0.1) is 6.92 Å². The Morgan fingerprint density at radius 2 is 1.70 bits per heavy atom. The lowest BCUT2D eigenvalue weighted by atomic mass is 10.00. The topological polar surface area (TPSA) is 43.9 Å². The summed E-state index contributed by atoms with van der Waals surface area (Å²) in [4.78, 5) is 13.7. The fourth-order valence-corrected chi connectivity index (χ4v) is 4.05. The van der Waals surface area contributed by atoms with Crippen molar-refractivity contribution < 1.29 is 14.1 Å². The second-order valence-electron chi connectivity index (χ2n) is 7.18. The Balaban J connectivity index is 1.62. The fourth-order valence-electron chi connectivity index (χ4n) is 4.05. The molecule has 27 heavy (non-hydrogen) atoms. The molecule has 0 radical (unpaired) electrons. The maximum atomic E-state index is 12.4. The van der Waals surface area contributed by atoms with Crippen LogP contribution >= 0.6 is 0 Å². The highest BCUT2D eigenvalue weighted by molar-refractivity contribution is 6.06. The van der Waals surface area contributed by atoms with Gasteiger partial charge in [-0.05, 0) is 24.4 Å². The molecule has 0 saturated carbocycles. The van der Waals surface area contributed by atoms with Gasteiger partial charge in [-0.2, -0.15) is 0 Å². The Bertz CT molecular complexity index is 1210. The van der Waals surface area contributed by atoms with Crippen molar-refractivity contribution in [2.24, 2.45) is 0 Å². The van der Waals surface area contributed by atoms with Gasteiger partial charge in [-0.15, -0.1) is 0 Å². The van der Waals surface area contributed by atoms with E-state index in [1.165, 1.54) is 10.5 Å². The summed E-state index contributed by atoms with van der Waals surface area (Å²) in [5.41, 5.74) is 3.70. The second-order valence-corrected chi connectivity index (χ2v) is 7.18. The number of aryl methyl sites for hydroxylation is 1. The summed E-state index contributed by atoms with van der Waals surface area (Å²) in [7, 11) is 0. The largest absolute Gasteiger partial charge is 0.444 e. The lowest BCUT2D eigenvalue weighted by Crippen LogP contribution is -3.10. The number of quaternary nitrogens is 1. The zero-order valence-electron chi connectivity index (χ0n) is 15.1. The number of nitrogens with one attached hydrogen (secondary N) is 1. The molecule has 1 unspecified atom stereocenters. The normalized spacial score (nSPS) is 16.3. The van der Waals surface area contributed by atoms with Gasteiger partial charge in [-0.25, -0.2) is 4.79 Å². The highest BCUT2D eigenvalue weighted by Gasteiger charge is 2.25. The first-order chi connectivity index (χ1) is 13.2. The van der Waals surface area contributed by atoms with Gasteiger partial charge in [0.1, 0.15) is 24.4 Å². The summed E-state index contributed by atoms with van der Waals surface area (Å²) in [6.45, 7) is 4.38. The van der Waals surface area contributed by atoms with Crippen LogP contribution < -0.4 is 15.3 Å². The van der Waals surface area contributed by atoms with Gasteiger partial charge < -0.3 is 9.15 Å². The molecule has 0 spiro atoms. The SMILES string of the molecule is Cc1c2c(cc3c1oc(=O)c1ccccc13)C[NH+](Cc1ccccc1)CO2. The van der Waals surface area contributed by atoms with Gasteiger partial charge in [0.2, 0.25) is 6.73 Å². The minimum Gasteiger partial charge on any atom is -0.444 e. The Labute approximate surface area is 156 Å². The molecule has 1 aromatic heterocycles. The van der Waals surface area contributed by atoms with Crippen LogP contribution in [0.25, 0.3) is 21.7 Å². The van der Waals surface area contributed by atoms with Gasteiger partial charge >= 0.3 is 5.63 Å². The van der Waals surface area contributed by atoms with E-state index in [1.54, 1.807) is 0 Å². The first kappa shape index (κ1) is 16.1. The molecule has 0 bridgehead atoms. The van der Waals surface area contributed by atoms with E-state index >= 15 is 0 Å². The number of hydrogen-bond donors (Lipinski definition) is 1. The van der Waals surface area contributed by atoms with Gasteiger partial charge in [-0.1, -0.05) is 48.5 Å². The van der Waals surface area contributed by atoms with E-state index in [1.807, 2.05) is 37.3 Å². The molecule has 1 aliphatic heterocycles. The van der Waals surface area contributed by atoms with Crippen LogP contribution in [-0.2, 0) is 13.1 Å². The van der Waals surface area contributed by atoms with Crippen LogP contribution in [0.1, 0.15) is 16.7 Å². The Morgan fingerprint density at radius 3 is 2.52 bits per heavy atom. The second kappa shape index (κ2) is 6.25. The molecule has 1 atom stereocenters. The summed E-state index contributed by atoms with van der Waals surface area (Å²) in [5, 5.41) is 2.53. The minimum atomic E-state index is -0.298. The summed E-state index contributed by atoms with van der Waals surface area (Å²) >= 11 is 0. The molecule has 0 fully saturated rings. The van der Waals surface area contributed by atoms with E-state index in [0.717, 1.165) is 40.7 Å². The van der Waals surface area contributed by atoms with E-state index in [2.05, 4.69) is 30.3 Å². The van der Waals surface area contributed by atoms with Crippen LogP contribution in [0.2, 0.25) is 0 Å². The van der Waals surface area contributed by atoms with Crippen molar-refractivity contribution in [2.75, 3.05) is 6.73 Å². The van der Waals surface area contributed by atoms with Crippen LogP contribution in [0.5, 0.6) is 5.75 Å². The number of ether oxygens (including phenoxy) is 1. The summed E-state index contributed by atoms with van der Waals surface area (Å²) in [6, 6.07) is 20.2. The zero-order chi connectivity index (χ0) is 18.4. The lowest BCUT2D eigenvalue weighted by molar-refractivity contribution is -0.945. The first-order valence-corrected chi connectivity index (χ1v) is 9.19. The molecule has 134 valence electrons. The van der Waals surface area contributed by atoms with E-state index in [9.17, 15) is 4.79 Å². The average molecular weight is 358 g/mol. The number of rotatable bonds is 2. The quantitative estimate of drug-likeness (QED) is 0.442. The van der Waals surface area contributed by atoms with Crippen LogP contribution in [0.3, 0.4) is 0 Å². The molecule has 3 aromatic carbocycles. The van der Waals surface area contributed by atoms with Crippen molar-refractivity contribution in [1.82, 2.24) is 0 Å². The summed E-state index contributed by atoms with van der Waals surface area (Å²) in [6.07, 6.45) is 0. The number of hydrogen-bond acceptors (Lipinski definition) is 3. The minimum absolute atomic E-state index is 0.298. The molecule has 1 aliphatic rings. The Kier molecular flexibility index (Phi) is 3.73. The lowest BCUT2D eigenvalue weighted by Gasteiger charge is -2.27. The van der Waals surface area contributed by atoms with E-state index < -0.39 is 0 Å². The van der Waals surface area contributed by atoms with Gasteiger partial charge in [0.15, 0.2) is 0 Å². The molecule has 0 aliphatic carbocycles. The third-order valence-electron chi connectivity index (χ3n) is 5.33. The van der Waals surface area contributed by atoms with E-state index in [4.69, 9.17) is 9.15 Å². The molecule has 0 saturated heterocycles. The van der Waals surface area contributed by atoms with Crippen LogP contribution in [-0.4, -0.2) is 6.73 Å². The van der Waals surface area contributed by atoms with Gasteiger partial charge in [0, 0.05) is 22.1 Å². The smallest absolute Gasteiger partial charge is 0.344 e. The fraction of sp³-hybridized carbons (Fsp3) is 0.174. The first-order valence-electron chi connectivity index (χ1n) is 9.19. The molecule has 4 nitrogen and oxygen atoms in total. The van der Waals surface area contributed by atoms with Crippen molar-refractivity contribution in [3.8, 4) is 5.75 Å². The number of fused-ring (bicyclic) bond motifs is 4. The third kappa shape index (κ3) is 2.69. The highest BCUT2D eigenvalue weighted by Crippen LogP contribution is 2.34. The molecule has 2 heterocycles. The van der Waals surface area contributed by atoms with E-state index in [0.29, 0.717) is 17.7 Å². The molecular weight excluding hydrogens is 338 g/mol. The molecule has 4 heteroatoms. The maximum absolute atomic E-state index is 12.4.